The van der Waals surface area contributed by atoms with Gasteiger partial charge in [-0.05, 0) is 88.0 Å². The number of ketones is 1. The molecule has 0 heterocycles. The number of hydrogen-bond acceptors (Lipinski definition) is 4. The van der Waals surface area contributed by atoms with Crippen LogP contribution in [-0.4, -0.2) is 36.3 Å². The summed E-state index contributed by atoms with van der Waals surface area (Å²) in [5.41, 5.74) is 1.53. The number of Topliss-reactive ketones (excluding diaryl/α,β-unsaturated/α-hetero) is 1. The lowest BCUT2D eigenvalue weighted by Gasteiger charge is -2.45. The standard InChI is InChI=1S/C30H38N2O4/c1-3-36-25-11-9-24(10-12-25)20-27(32-29(35)30-16-13-22(14-17-30)15-18-30)28(34)31-26(21(2)33)19-23-7-5-4-6-8-23/h4-12,22,26-27H,3,13-20H2,1-2H3,(H,31,34)(H,32,35). The first-order valence-corrected chi connectivity index (χ1v) is 13.3. The fraction of sp³-hybridized carbons (Fsp3) is 0.500. The highest BCUT2D eigenvalue weighted by atomic mass is 16.5. The van der Waals surface area contributed by atoms with Gasteiger partial charge in [0.05, 0.1) is 12.6 Å². The number of fused-ring (bicyclic) bond motifs is 3. The Morgan fingerprint density at radius 2 is 1.44 bits per heavy atom. The fourth-order valence-corrected chi connectivity index (χ4v) is 5.65. The third kappa shape index (κ3) is 6.34. The highest BCUT2D eigenvalue weighted by Crippen LogP contribution is 2.50. The van der Waals surface area contributed by atoms with Crippen molar-refractivity contribution in [3.63, 3.8) is 0 Å². The third-order valence-electron chi connectivity index (χ3n) is 7.96. The number of carbonyl (C=O) groups excluding carboxylic acids is 3. The van der Waals surface area contributed by atoms with Gasteiger partial charge in [0.1, 0.15) is 11.8 Å². The number of carbonyl (C=O) groups is 3. The number of benzene rings is 2. The molecule has 0 radical (unpaired) electrons. The van der Waals surface area contributed by atoms with Crippen LogP contribution in [0.15, 0.2) is 54.6 Å². The Hall–Kier alpha value is -3.15. The van der Waals surface area contributed by atoms with Crippen molar-refractivity contribution in [2.75, 3.05) is 6.61 Å². The molecule has 5 rings (SSSR count). The van der Waals surface area contributed by atoms with E-state index in [1.165, 1.54) is 6.92 Å². The first kappa shape index (κ1) is 25.9. The van der Waals surface area contributed by atoms with Gasteiger partial charge in [0.25, 0.3) is 0 Å². The molecule has 2 aromatic rings. The molecule has 6 nitrogen and oxygen atoms in total. The van der Waals surface area contributed by atoms with Gasteiger partial charge in [-0.2, -0.15) is 0 Å². The lowest BCUT2D eigenvalue weighted by Crippen LogP contribution is -2.56. The SMILES string of the molecule is CCOc1ccc(CC(NC(=O)C23CCC(CC2)CC3)C(=O)NC(Cc2ccccc2)C(C)=O)cc1. The molecule has 2 unspecified atom stereocenters. The van der Waals surface area contributed by atoms with Crippen molar-refractivity contribution in [1.29, 1.82) is 0 Å². The van der Waals surface area contributed by atoms with Gasteiger partial charge in [-0.3, -0.25) is 14.4 Å². The molecule has 192 valence electrons. The molecule has 2 amide bonds. The van der Waals surface area contributed by atoms with E-state index in [9.17, 15) is 14.4 Å². The largest absolute Gasteiger partial charge is 0.494 e. The number of nitrogens with one attached hydrogen (secondary N) is 2. The smallest absolute Gasteiger partial charge is 0.243 e. The Labute approximate surface area is 214 Å². The van der Waals surface area contributed by atoms with Gasteiger partial charge in [-0.1, -0.05) is 42.5 Å². The molecule has 2 atom stereocenters. The van der Waals surface area contributed by atoms with Gasteiger partial charge >= 0.3 is 0 Å². The molecule has 3 aliphatic rings. The Bertz CT molecular complexity index is 1030. The van der Waals surface area contributed by atoms with Crippen molar-refractivity contribution in [2.24, 2.45) is 11.3 Å². The van der Waals surface area contributed by atoms with Crippen molar-refractivity contribution >= 4 is 17.6 Å². The maximum absolute atomic E-state index is 13.6. The second kappa shape index (κ2) is 11.7. The summed E-state index contributed by atoms with van der Waals surface area (Å²) in [4.78, 5) is 39.5. The van der Waals surface area contributed by atoms with E-state index in [1.807, 2.05) is 61.5 Å². The second-order valence-electron chi connectivity index (χ2n) is 10.4. The Balaban J connectivity index is 1.51. The van der Waals surface area contributed by atoms with Crippen LogP contribution in [0.3, 0.4) is 0 Å². The van der Waals surface area contributed by atoms with Crippen molar-refractivity contribution in [3.8, 4) is 5.75 Å². The summed E-state index contributed by atoms with van der Waals surface area (Å²) in [5, 5.41) is 6.04. The molecule has 3 saturated carbocycles. The lowest BCUT2D eigenvalue weighted by atomic mass is 9.60. The first-order valence-electron chi connectivity index (χ1n) is 13.3. The van der Waals surface area contributed by atoms with Crippen LogP contribution in [0.25, 0.3) is 0 Å². The van der Waals surface area contributed by atoms with Gasteiger partial charge in [0, 0.05) is 11.8 Å². The third-order valence-corrected chi connectivity index (χ3v) is 7.96. The zero-order valence-electron chi connectivity index (χ0n) is 21.4. The lowest BCUT2D eigenvalue weighted by molar-refractivity contribution is -0.140. The molecule has 2 bridgehead atoms. The maximum Gasteiger partial charge on any atom is 0.243 e. The minimum atomic E-state index is -0.762. The average molecular weight is 491 g/mol. The molecule has 0 aromatic heterocycles. The van der Waals surface area contributed by atoms with E-state index < -0.39 is 12.1 Å². The minimum absolute atomic E-state index is 0.0193. The molecule has 6 heteroatoms. The van der Waals surface area contributed by atoms with Crippen LogP contribution in [-0.2, 0) is 27.2 Å². The van der Waals surface area contributed by atoms with Gasteiger partial charge in [0.15, 0.2) is 5.78 Å². The molecule has 3 aliphatic carbocycles. The van der Waals surface area contributed by atoms with Crippen LogP contribution >= 0.6 is 0 Å². The number of ether oxygens (including phenoxy) is 1. The molecule has 0 spiro atoms. The van der Waals surface area contributed by atoms with E-state index in [0.717, 1.165) is 61.3 Å². The van der Waals surface area contributed by atoms with Crippen LogP contribution in [0.5, 0.6) is 5.75 Å². The van der Waals surface area contributed by atoms with Crippen molar-refractivity contribution < 1.29 is 19.1 Å². The Kier molecular flexibility index (Phi) is 8.44. The van der Waals surface area contributed by atoms with Crippen LogP contribution in [0, 0.1) is 11.3 Å². The first-order chi connectivity index (χ1) is 17.4. The molecular weight excluding hydrogens is 452 g/mol. The summed E-state index contributed by atoms with van der Waals surface area (Å²) in [6.07, 6.45) is 6.71. The zero-order valence-corrected chi connectivity index (χ0v) is 21.4. The number of hydrogen-bond donors (Lipinski definition) is 2. The monoisotopic (exact) mass is 490 g/mol. The Morgan fingerprint density at radius 1 is 0.861 bits per heavy atom. The summed E-state index contributed by atoms with van der Waals surface area (Å²) in [6, 6.07) is 15.8. The molecule has 2 aromatic carbocycles. The summed E-state index contributed by atoms with van der Waals surface area (Å²) in [6.45, 7) is 4.01. The zero-order chi connectivity index (χ0) is 25.5. The second-order valence-corrected chi connectivity index (χ2v) is 10.4. The van der Waals surface area contributed by atoms with Gasteiger partial charge < -0.3 is 15.4 Å². The predicted octanol–water partition coefficient (Wildman–Crippen LogP) is 4.40. The van der Waals surface area contributed by atoms with E-state index in [0.29, 0.717) is 19.4 Å². The molecule has 36 heavy (non-hydrogen) atoms. The van der Waals surface area contributed by atoms with E-state index in [1.54, 1.807) is 0 Å². The van der Waals surface area contributed by atoms with E-state index in [4.69, 9.17) is 4.74 Å². The van der Waals surface area contributed by atoms with Crippen LogP contribution < -0.4 is 15.4 Å². The van der Waals surface area contributed by atoms with E-state index >= 15 is 0 Å². The summed E-state index contributed by atoms with van der Waals surface area (Å²) in [5.74, 6) is 1.06. The van der Waals surface area contributed by atoms with Gasteiger partial charge in [-0.25, -0.2) is 0 Å². The highest BCUT2D eigenvalue weighted by molar-refractivity contribution is 5.93. The van der Waals surface area contributed by atoms with Gasteiger partial charge in [0.2, 0.25) is 11.8 Å². The topological polar surface area (TPSA) is 84.5 Å². The summed E-state index contributed by atoms with van der Waals surface area (Å²) in [7, 11) is 0. The summed E-state index contributed by atoms with van der Waals surface area (Å²) >= 11 is 0. The van der Waals surface area contributed by atoms with E-state index in [-0.39, 0.29) is 23.0 Å². The van der Waals surface area contributed by atoms with Crippen LogP contribution in [0.2, 0.25) is 0 Å². The summed E-state index contributed by atoms with van der Waals surface area (Å²) < 4.78 is 5.54. The van der Waals surface area contributed by atoms with Crippen molar-refractivity contribution in [2.45, 2.75) is 77.3 Å². The van der Waals surface area contributed by atoms with Crippen molar-refractivity contribution in [3.05, 3.63) is 65.7 Å². The number of amides is 2. The van der Waals surface area contributed by atoms with Crippen LogP contribution in [0.4, 0.5) is 0 Å². The average Bonchev–Trinajstić information content (AvgIpc) is 2.90. The normalized spacial score (nSPS) is 22.3. The Morgan fingerprint density at radius 3 is 2.03 bits per heavy atom. The molecule has 0 aliphatic heterocycles. The molecule has 3 fully saturated rings. The maximum atomic E-state index is 13.6. The molecule has 0 saturated heterocycles. The molecular formula is C30H38N2O4. The number of rotatable bonds is 11. The van der Waals surface area contributed by atoms with Crippen molar-refractivity contribution in [1.82, 2.24) is 10.6 Å². The highest BCUT2D eigenvalue weighted by Gasteiger charge is 2.46. The fourth-order valence-electron chi connectivity index (χ4n) is 5.65. The van der Waals surface area contributed by atoms with E-state index in [2.05, 4.69) is 10.6 Å². The van der Waals surface area contributed by atoms with Crippen LogP contribution in [0.1, 0.15) is 63.5 Å². The quantitative estimate of drug-likeness (QED) is 0.489. The van der Waals surface area contributed by atoms with Gasteiger partial charge in [-0.15, -0.1) is 0 Å². The minimum Gasteiger partial charge on any atom is -0.494 e. The predicted molar refractivity (Wildman–Crippen MR) is 140 cm³/mol. The molecule has 2 N–H and O–H groups in total.